The maximum absolute atomic E-state index is 12.1. The molecule has 2 aromatic rings. The number of aromatic nitrogens is 2. The van der Waals surface area contributed by atoms with Gasteiger partial charge in [0.25, 0.3) is 11.5 Å². The van der Waals surface area contributed by atoms with E-state index < -0.39 is 29.0 Å². The number of carboxylic acid groups (broad SMARTS) is 1. The first-order valence-electron chi connectivity index (χ1n) is 7.23. The Balaban J connectivity index is 2.08. The van der Waals surface area contributed by atoms with E-state index in [2.05, 4.69) is 10.3 Å². The third kappa shape index (κ3) is 3.97. The zero-order chi connectivity index (χ0) is 17.7. The largest absolute Gasteiger partial charge is 0.481 e. The first kappa shape index (κ1) is 17.2. The molecule has 3 N–H and O–H groups in total. The zero-order valence-electron chi connectivity index (χ0n) is 13.0. The second-order valence-electron chi connectivity index (χ2n) is 5.31. The van der Waals surface area contributed by atoms with Crippen molar-refractivity contribution < 1.29 is 14.7 Å². The predicted octanol–water partition coefficient (Wildman–Crippen LogP) is -0.253. The van der Waals surface area contributed by atoms with Crippen LogP contribution in [0.2, 0.25) is 0 Å². The third-order valence-electron chi connectivity index (χ3n) is 3.61. The highest BCUT2D eigenvalue weighted by Crippen LogP contribution is 2.08. The molecule has 0 aliphatic heterocycles. The van der Waals surface area contributed by atoms with Crippen LogP contribution in [0.5, 0.6) is 0 Å². The fourth-order valence-corrected chi connectivity index (χ4v) is 2.18. The van der Waals surface area contributed by atoms with E-state index in [1.54, 1.807) is 24.3 Å². The number of carboxylic acids is 1. The molecule has 8 heteroatoms. The molecular weight excluding hydrogens is 314 g/mol. The lowest BCUT2D eigenvalue weighted by Gasteiger charge is -2.13. The van der Waals surface area contributed by atoms with Crippen LogP contribution in [0.25, 0.3) is 0 Å². The van der Waals surface area contributed by atoms with Crippen LogP contribution in [0.4, 0.5) is 0 Å². The van der Waals surface area contributed by atoms with Crippen molar-refractivity contribution in [3.05, 3.63) is 68.5 Å². The number of nitrogens with one attached hydrogen (secondary N) is 2. The van der Waals surface area contributed by atoms with E-state index in [0.717, 1.165) is 16.3 Å². The van der Waals surface area contributed by atoms with E-state index in [0.29, 0.717) is 0 Å². The highest BCUT2D eigenvalue weighted by Gasteiger charge is 2.20. The Kier molecular flexibility index (Phi) is 5.31. The van der Waals surface area contributed by atoms with Crippen LogP contribution in [0.1, 0.15) is 15.9 Å². The van der Waals surface area contributed by atoms with Gasteiger partial charge in [-0.05, 0) is 12.0 Å². The number of carbonyl (C=O) groups is 2. The van der Waals surface area contributed by atoms with Gasteiger partial charge < -0.3 is 15.4 Å². The molecule has 1 unspecified atom stereocenters. The molecule has 0 saturated carbocycles. The van der Waals surface area contributed by atoms with Crippen molar-refractivity contribution in [3.63, 3.8) is 0 Å². The number of nitrogens with zero attached hydrogens (tertiary/aromatic N) is 1. The number of benzene rings is 1. The van der Waals surface area contributed by atoms with Crippen molar-refractivity contribution in [3.8, 4) is 0 Å². The van der Waals surface area contributed by atoms with Gasteiger partial charge in [0.1, 0.15) is 5.56 Å². The van der Waals surface area contributed by atoms with Crippen LogP contribution in [-0.4, -0.2) is 33.1 Å². The summed E-state index contributed by atoms with van der Waals surface area (Å²) in [4.78, 5) is 48.8. The summed E-state index contributed by atoms with van der Waals surface area (Å²) >= 11 is 0. The molecule has 0 bridgehead atoms. The number of hydrogen-bond acceptors (Lipinski definition) is 4. The Hall–Kier alpha value is -3.16. The lowest BCUT2D eigenvalue weighted by atomic mass is 9.99. The molecule has 8 nitrogen and oxygen atoms in total. The van der Waals surface area contributed by atoms with Gasteiger partial charge >= 0.3 is 11.7 Å². The Bertz CT molecular complexity index is 854. The average Bonchev–Trinajstić information content (AvgIpc) is 2.57. The van der Waals surface area contributed by atoms with Crippen molar-refractivity contribution in [1.82, 2.24) is 14.9 Å². The third-order valence-corrected chi connectivity index (χ3v) is 3.61. The molecule has 2 rings (SSSR count). The first-order chi connectivity index (χ1) is 11.4. The maximum Gasteiger partial charge on any atom is 0.328 e. The maximum atomic E-state index is 12.1. The smallest absolute Gasteiger partial charge is 0.328 e. The van der Waals surface area contributed by atoms with E-state index in [9.17, 15) is 24.3 Å². The van der Waals surface area contributed by atoms with Crippen LogP contribution in [0, 0.1) is 5.92 Å². The fourth-order valence-electron chi connectivity index (χ4n) is 2.18. The van der Waals surface area contributed by atoms with Crippen LogP contribution >= 0.6 is 0 Å². The van der Waals surface area contributed by atoms with E-state index in [1.165, 1.54) is 7.05 Å². The minimum Gasteiger partial charge on any atom is -0.481 e. The van der Waals surface area contributed by atoms with E-state index in [-0.39, 0.29) is 18.5 Å². The van der Waals surface area contributed by atoms with Crippen molar-refractivity contribution in [2.24, 2.45) is 13.0 Å². The molecule has 1 atom stereocenters. The summed E-state index contributed by atoms with van der Waals surface area (Å²) in [5.41, 5.74) is -0.796. The molecule has 1 amide bonds. The summed E-state index contributed by atoms with van der Waals surface area (Å²) in [6.45, 7) is -0.134. The van der Waals surface area contributed by atoms with Crippen LogP contribution < -0.4 is 16.6 Å². The van der Waals surface area contributed by atoms with Gasteiger partial charge in [-0.2, -0.15) is 0 Å². The SMILES string of the molecule is Cn1c(=O)[nH]cc(C(=O)NCC(Cc2ccccc2)C(=O)O)c1=O. The molecule has 0 aliphatic carbocycles. The molecule has 24 heavy (non-hydrogen) atoms. The number of carbonyl (C=O) groups excluding carboxylic acids is 1. The Labute approximate surface area is 136 Å². The summed E-state index contributed by atoms with van der Waals surface area (Å²) in [5.74, 6) is -2.61. The minimum absolute atomic E-state index is 0.134. The summed E-state index contributed by atoms with van der Waals surface area (Å²) in [6, 6.07) is 9.03. The predicted molar refractivity (Wildman–Crippen MR) is 85.9 cm³/mol. The molecule has 0 spiro atoms. The van der Waals surface area contributed by atoms with E-state index in [4.69, 9.17) is 0 Å². The zero-order valence-corrected chi connectivity index (χ0v) is 13.0. The Morgan fingerprint density at radius 3 is 2.54 bits per heavy atom. The summed E-state index contributed by atoms with van der Waals surface area (Å²) < 4.78 is 0.771. The molecule has 0 fully saturated rings. The average molecular weight is 331 g/mol. The van der Waals surface area contributed by atoms with Crippen molar-refractivity contribution >= 4 is 11.9 Å². The topological polar surface area (TPSA) is 121 Å². The number of rotatable bonds is 6. The standard InChI is InChI=1S/C16H17N3O5/c1-19-14(21)12(9-18-16(19)24)13(20)17-8-11(15(22)23)7-10-5-3-2-4-6-10/h2-6,9,11H,7-8H2,1H3,(H,17,20)(H,18,24)(H,22,23). The quantitative estimate of drug-likeness (QED) is 0.674. The lowest BCUT2D eigenvalue weighted by molar-refractivity contribution is -0.141. The molecule has 1 heterocycles. The molecule has 0 radical (unpaired) electrons. The van der Waals surface area contributed by atoms with Gasteiger partial charge in [0, 0.05) is 19.8 Å². The minimum atomic E-state index is -1.05. The molecular formula is C16H17N3O5. The van der Waals surface area contributed by atoms with Crippen molar-refractivity contribution in [1.29, 1.82) is 0 Å². The normalized spacial score (nSPS) is 11.7. The Morgan fingerprint density at radius 2 is 1.92 bits per heavy atom. The van der Waals surface area contributed by atoms with Gasteiger partial charge in [0.2, 0.25) is 0 Å². The number of H-pyrrole nitrogens is 1. The van der Waals surface area contributed by atoms with Crippen LogP contribution in [0.15, 0.2) is 46.1 Å². The summed E-state index contributed by atoms with van der Waals surface area (Å²) in [7, 11) is 1.24. The summed E-state index contributed by atoms with van der Waals surface area (Å²) in [5, 5.41) is 11.7. The molecule has 0 saturated heterocycles. The number of hydrogen-bond donors (Lipinski definition) is 3. The first-order valence-corrected chi connectivity index (χ1v) is 7.23. The van der Waals surface area contributed by atoms with Gasteiger partial charge in [-0.15, -0.1) is 0 Å². The molecule has 1 aromatic heterocycles. The highest BCUT2D eigenvalue weighted by molar-refractivity contribution is 5.93. The van der Waals surface area contributed by atoms with Crippen molar-refractivity contribution in [2.45, 2.75) is 6.42 Å². The summed E-state index contributed by atoms with van der Waals surface area (Å²) in [6.07, 6.45) is 1.27. The van der Waals surface area contributed by atoms with E-state index in [1.807, 2.05) is 6.07 Å². The molecule has 0 aliphatic rings. The van der Waals surface area contributed by atoms with Gasteiger partial charge in [-0.1, -0.05) is 30.3 Å². The fraction of sp³-hybridized carbons (Fsp3) is 0.250. The van der Waals surface area contributed by atoms with Gasteiger partial charge in [0.15, 0.2) is 0 Å². The number of aliphatic carboxylic acids is 1. The van der Waals surface area contributed by atoms with Crippen LogP contribution in [0.3, 0.4) is 0 Å². The molecule has 1 aromatic carbocycles. The van der Waals surface area contributed by atoms with Gasteiger partial charge in [-0.25, -0.2) is 4.79 Å². The Morgan fingerprint density at radius 1 is 1.25 bits per heavy atom. The number of aromatic amines is 1. The van der Waals surface area contributed by atoms with Gasteiger partial charge in [0.05, 0.1) is 5.92 Å². The van der Waals surface area contributed by atoms with Crippen molar-refractivity contribution in [2.75, 3.05) is 6.54 Å². The van der Waals surface area contributed by atoms with E-state index >= 15 is 0 Å². The lowest BCUT2D eigenvalue weighted by Crippen LogP contribution is -2.41. The monoisotopic (exact) mass is 331 g/mol. The highest BCUT2D eigenvalue weighted by atomic mass is 16.4. The second kappa shape index (κ2) is 7.40. The molecule has 126 valence electrons. The van der Waals surface area contributed by atoms with Gasteiger partial charge in [-0.3, -0.25) is 19.0 Å². The second-order valence-corrected chi connectivity index (χ2v) is 5.31. The van der Waals surface area contributed by atoms with Crippen LogP contribution in [-0.2, 0) is 18.3 Å². The number of amides is 1.